The monoisotopic (exact) mass is 272 g/mol. The van der Waals surface area contributed by atoms with Crippen molar-refractivity contribution >= 4 is 23.5 Å². The zero-order valence-corrected chi connectivity index (χ0v) is 12.8. The molecule has 0 spiro atoms. The molecule has 0 bridgehead atoms. The lowest BCUT2D eigenvalue weighted by Gasteiger charge is -2.22. The van der Waals surface area contributed by atoms with Crippen molar-refractivity contribution in [2.75, 3.05) is 11.5 Å². The maximum atomic E-state index is 2.27. The van der Waals surface area contributed by atoms with Crippen LogP contribution in [0, 0.1) is 0 Å². The summed E-state index contributed by atoms with van der Waals surface area (Å²) in [6, 6.07) is 0. The first-order valence-electron chi connectivity index (χ1n) is 7.68. The summed E-state index contributed by atoms with van der Waals surface area (Å²) < 4.78 is 0. The second-order valence-electron chi connectivity index (χ2n) is 5.62. The Bertz CT molecular complexity index is 161. The van der Waals surface area contributed by atoms with E-state index in [-0.39, 0.29) is 0 Å². The van der Waals surface area contributed by atoms with Crippen molar-refractivity contribution < 1.29 is 0 Å². The molecule has 17 heavy (non-hydrogen) atoms. The average Bonchev–Trinajstić information content (AvgIpc) is 2.41. The molecule has 0 aromatic rings. The molecule has 2 aliphatic rings. The van der Waals surface area contributed by atoms with E-state index in [1.165, 1.54) is 82.1 Å². The molecule has 0 heterocycles. The fraction of sp³-hybridized carbons (Fsp3) is 1.00. The molecule has 0 aromatic carbocycles. The number of hydrogen-bond donors (Lipinski definition) is 0. The Kier molecular flexibility index (Phi) is 7.26. The van der Waals surface area contributed by atoms with E-state index in [1.54, 1.807) is 0 Å². The normalized spacial score (nSPS) is 24.0. The van der Waals surface area contributed by atoms with Crippen molar-refractivity contribution in [2.45, 2.75) is 81.1 Å². The van der Waals surface area contributed by atoms with Gasteiger partial charge >= 0.3 is 0 Å². The van der Waals surface area contributed by atoms with Crippen LogP contribution in [-0.4, -0.2) is 22.0 Å². The quantitative estimate of drug-likeness (QED) is 0.585. The fourth-order valence-corrected chi connectivity index (χ4v) is 5.83. The molecule has 2 rings (SSSR count). The minimum atomic E-state index is 1.02. The zero-order chi connectivity index (χ0) is 11.8. The third-order valence-corrected chi connectivity index (χ3v) is 7.03. The predicted molar refractivity (Wildman–Crippen MR) is 83.3 cm³/mol. The van der Waals surface area contributed by atoms with Crippen LogP contribution in [0.25, 0.3) is 0 Å². The Morgan fingerprint density at radius 3 is 1.41 bits per heavy atom. The van der Waals surface area contributed by atoms with E-state index in [0.29, 0.717) is 0 Å². The highest BCUT2D eigenvalue weighted by molar-refractivity contribution is 8.00. The second kappa shape index (κ2) is 8.74. The molecule has 2 heteroatoms. The number of thioether (sulfide) groups is 2. The molecular weight excluding hydrogens is 244 g/mol. The van der Waals surface area contributed by atoms with Crippen molar-refractivity contribution in [1.29, 1.82) is 0 Å². The second-order valence-corrected chi connectivity index (χ2v) is 8.43. The highest BCUT2D eigenvalue weighted by atomic mass is 32.2. The van der Waals surface area contributed by atoms with Crippen LogP contribution in [0.2, 0.25) is 0 Å². The molecule has 0 saturated heterocycles. The van der Waals surface area contributed by atoms with Crippen LogP contribution in [0.1, 0.15) is 70.6 Å². The smallest absolute Gasteiger partial charge is 0.00470 e. The van der Waals surface area contributed by atoms with Crippen molar-refractivity contribution in [2.24, 2.45) is 0 Å². The van der Waals surface area contributed by atoms with Crippen LogP contribution in [0.3, 0.4) is 0 Å². The summed E-state index contributed by atoms with van der Waals surface area (Å²) in [5, 5.41) is 2.03. The van der Waals surface area contributed by atoms with E-state index in [4.69, 9.17) is 0 Å². The first-order valence-corrected chi connectivity index (χ1v) is 9.78. The van der Waals surface area contributed by atoms with Gasteiger partial charge in [-0.25, -0.2) is 0 Å². The van der Waals surface area contributed by atoms with Crippen LogP contribution >= 0.6 is 23.5 Å². The zero-order valence-electron chi connectivity index (χ0n) is 11.2. The van der Waals surface area contributed by atoms with E-state index >= 15 is 0 Å². The molecule has 0 unspecified atom stereocenters. The predicted octanol–water partition coefficient (Wildman–Crippen LogP) is 5.51. The minimum Gasteiger partial charge on any atom is -0.159 e. The summed E-state index contributed by atoms with van der Waals surface area (Å²) >= 11 is 4.54. The summed E-state index contributed by atoms with van der Waals surface area (Å²) in [6.07, 6.45) is 16.4. The van der Waals surface area contributed by atoms with Gasteiger partial charge in [-0.15, -0.1) is 0 Å². The summed E-state index contributed by atoms with van der Waals surface area (Å²) in [7, 11) is 0. The molecule has 2 fully saturated rings. The lowest BCUT2D eigenvalue weighted by molar-refractivity contribution is 0.515. The SMILES string of the molecule is C1CCC(SCCCSC2CCCCC2)CC1. The van der Waals surface area contributed by atoms with Gasteiger partial charge in [0.15, 0.2) is 0 Å². The molecular formula is C15H28S2. The third kappa shape index (κ3) is 5.92. The fourth-order valence-electron chi connectivity index (χ4n) is 3.02. The van der Waals surface area contributed by atoms with Gasteiger partial charge in [0.1, 0.15) is 0 Å². The van der Waals surface area contributed by atoms with Gasteiger partial charge in [-0.3, -0.25) is 0 Å². The molecule has 0 aromatic heterocycles. The molecule has 0 aliphatic heterocycles. The summed E-state index contributed by atoms with van der Waals surface area (Å²) in [5.41, 5.74) is 0. The van der Waals surface area contributed by atoms with E-state index in [0.717, 1.165) is 10.5 Å². The molecule has 2 aliphatic carbocycles. The summed E-state index contributed by atoms with van der Waals surface area (Å²) in [4.78, 5) is 0. The standard InChI is InChI=1S/C15H28S2/c1-3-8-14(9-4-1)16-12-7-13-17-15-10-5-2-6-11-15/h14-15H,1-13H2. The summed E-state index contributed by atoms with van der Waals surface area (Å²) in [6.45, 7) is 0. The Labute approximate surface area is 116 Å². The van der Waals surface area contributed by atoms with Crippen LogP contribution in [-0.2, 0) is 0 Å². The van der Waals surface area contributed by atoms with Crippen LogP contribution in [0.4, 0.5) is 0 Å². The van der Waals surface area contributed by atoms with Gasteiger partial charge in [0.25, 0.3) is 0 Å². The summed E-state index contributed by atoms with van der Waals surface area (Å²) in [5.74, 6) is 2.84. The van der Waals surface area contributed by atoms with E-state index in [2.05, 4.69) is 23.5 Å². The maximum Gasteiger partial charge on any atom is 0.00470 e. The molecule has 0 nitrogen and oxygen atoms in total. The maximum absolute atomic E-state index is 2.27. The molecule has 0 atom stereocenters. The van der Waals surface area contributed by atoms with Crippen molar-refractivity contribution in [3.05, 3.63) is 0 Å². The van der Waals surface area contributed by atoms with Crippen molar-refractivity contribution in [1.82, 2.24) is 0 Å². The van der Waals surface area contributed by atoms with Gasteiger partial charge in [0, 0.05) is 10.5 Å². The molecule has 0 N–H and O–H groups in total. The topological polar surface area (TPSA) is 0 Å². The lowest BCUT2D eigenvalue weighted by atomic mass is 10.0. The highest BCUT2D eigenvalue weighted by Gasteiger charge is 2.14. The minimum absolute atomic E-state index is 1.02. The van der Waals surface area contributed by atoms with Gasteiger partial charge in [0.05, 0.1) is 0 Å². The van der Waals surface area contributed by atoms with Crippen LogP contribution < -0.4 is 0 Å². The molecule has 2 saturated carbocycles. The van der Waals surface area contributed by atoms with E-state index in [1.807, 2.05) is 0 Å². The Balaban J connectivity index is 1.42. The Morgan fingerprint density at radius 2 is 1.00 bits per heavy atom. The van der Waals surface area contributed by atoms with Gasteiger partial charge < -0.3 is 0 Å². The van der Waals surface area contributed by atoms with Gasteiger partial charge in [-0.2, -0.15) is 23.5 Å². The van der Waals surface area contributed by atoms with Gasteiger partial charge in [0.2, 0.25) is 0 Å². The van der Waals surface area contributed by atoms with Gasteiger partial charge in [-0.1, -0.05) is 38.5 Å². The first kappa shape index (κ1) is 14.1. The van der Waals surface area contributed by atoms with Gasteiger partial charge in [-0.05, 0) is 43.6 Å². The van der Waals surface area contributed by atoms with Crippen LogP contribution in [0.5, 0.6) is 0 Å². The Morgan fingerprint density at radius 1 is 0.588 bits per heavy atom. The largest absolute Gasteiger partial charge is 0.159 e. The number of hydrogen-bond acceptors (Lipinski definition) is 2. The molecule has 100 valence electrons. The van der Waals surface area contributed by atoms with Crippen LogP contribution in [0.15, 0.2) is 0 Å². The Hall–Kier alpha value is 0.700. The lowest BCUT2D eigenvalue weighted by Crippen LogP contribution is -2.10. The van der Waals surface area contributed by atoms with Crippen molar-refractivity contribution in [3.63, 3.8) is 0 Å². The first-order chi connectivity index (χ1) is 8.45. The van der Waals surface area contributed by atoms with E-state index < -0.39 is 0 Å². The van der Waals surface area contributed by atoms with E-state index in [9.17, 15) is 0 Å². The average molecular weight is 273 g/mol. The molecule has 0 radical (unpaired) electrons. The van der Waals surface area contributed by atoms with Crippen molar-refractivity contribution in [3.8, 4) is 0 Å². The highest BCUT2D eigenvalue weighted by Crippen LogP contribution is 2.31. The third-order valence-electron chi connectivity index (χ3n) is 4.10. The number of rotatable bonds is 6. The molecule has 0 amide bonds.